The van der Waals surface area contributed by atoms with Crippen molar-refractivity contribution in [2.75, 3.05) is 11.9 Å². The molecule has 0 aliphatic heterocycles. The maximum absolute atomic E-state index is 12.6. The van der Waals surface area contributed by atoms with Crippen LogP contribution in [0.15, 0.2) is 24.3 Å². The van der Waals surface area contributed by atoms with Gasteiger partial charge in [-0.1, -0.05) is 18.9 Å². The predicted octanol–water partition coefficient (Wildman–Crippen LogP) is 2.31. The molecule has 0 spiro atoms. The van der Waals surface area contributed by atoms with Crippen LogP contribution in [0, 0.1) is 5.92 Å². The second-order valence-electron chi connectivity index (χ2n) is 5.85. The van der Waals surface area contributed by atoms with Gasteiger partial charge in [0.25, 0.3) is 0 Å². The zero-order valence-corrected chi connectivity index (χ0v) is 12.9. The Morgan fingerprint density at radius 2 is 1.88 bits per heavy atom. The molecule has 2 amide bonds. The molecule has 24 heavy (non-hydrogen) atoms. The summed E-state index contributed by atoms with van der Waals surface area (Å²) in [5, 5.41) is 14.4. The van der Waals surface area contributed by atoms with Crippen molar-refractivity contribution in [3.63, 3.8) is 0 Å². The number of nitrogens with one attached hydrogen (secondary N) is 2. The minimum atomic E-state index is -4.53. The molecule has 1 aromatic rings. The van der Waals surface area contributed by atoms with Crippen LogP contribution in [0.2, 0.25) is 0 Å². The molecule has 0 aromatic heterocycles. The molecule has 0 bridgehead atoms. The lowest BCUT2D eigenvalue weighted by molar-refractivity contribution is -0.137. The molecule has 3 N–H and O–H groups in total. The summed E-state index contributed by atoms with van der Waals surface area (Å²) in [6.45, 7) is 0.163. The Hall–Kier alpha value is -2.09. The summed E-state index contributed by atoms with van der Waals surface area (Å²) in [7, 11) is 0. The van der Waals surface area contributed by atoms with Crippen molar-refractivity contribution in [3.8, 4) is 0 Å². The van der Waals surface area contributed by atoms with Gasteiger partial charge in [0.05, 0.1) is 11.7 Å². The minimum absolute atomic E-state index is 0.107. The van der Waals surface area contributed by atoms with Crippen molar-refractivity contribution in [3.05, 3.63) is 29.8 Å². The van der Waals surface area contributed by atoms with E-state index in [2.05, 4.69) is 10.6 Å². The maximum atomic E-state index is 12.6. The van der Waals surface area contributed by atoms with Crippen LogP contribution in [0.5, 0.6) is 0 Å². The van der Waals surface area contributed by atoms with E-state index in [0.29, 0.717) is 6.42 Å². The first-order valence-corrected chi connectivity index (χ1v) is 7.72. The van der Waals surface area contributed by atoms with Gasteiger partial charge in [0.15, 0.2) is 0 Å². The molecule has 132 valence electrons. The normalized spacial score (nSPS) is 21.2. The van der Waals surface area contributed by atoms with Crippen molar-refractivity contribution in [2.24, 2.45) is 5.92 Å². The Morgan fingerprint density at radius 3 is 2.54 bits per heavy atom. The summed E-state index contributed by atoms with van der Waals surface area (Å²) in [4.78, 5) is 23.5. The number of rotatable bonds is 3. The van der Waals surface area contributed by atoms with Crippen LogP contribution in [-0.2, 0) is 15.8 Å². The van der Waals surface area contributed by atoms with Crippen molar-refractivity contribution in [1.82, 2.24) is 5.32 Å². The molecule has 0 saturated heterocycles. The number of hydrogen-bond acceptors (Lipinski definition) is 3. The Kier molecular flexibility index (Phi) is 5.82. The molecule has 1 aliphatic carbocycles. The van der Waals surface area contributed by atoms with E-state index in [-0.39, 0.29) is 18.2 Å². The van der Waals surface area contributed by atoms with E-state index >= 15 is 0 Å². The van der Waals surface area contributed by atoms with E-state index in [0.717, 1.165) is 37.5 Å². The molecular weight excluding hydrogens is 325 g/mol. The van der Waals surface area contributed by atoms with E-state index in [9.17, 15) is 27.9 Å². The number of alkyl halides is 3. The highest BCUT2D eigenvalue weighted by Crippen LogP contribution is 2.30. The van der Waals surface area contributed by atoms with Crippen molar-refractivity contribution in [2.45, 2.75) is 38.0 Å². The summed E-state index contributed by atoms with van der Waals surface area (Å²) >= 11 is 0. The molecule has 5 nitrogen and oxygen atoms in total. The standard InChI is InChI=1S/C16H19F3N2O3/c17-16(18,19)11-5-3-6-12(8-11)21-15(24)14(23)20-9-10-4-1-2-7-13(10)22/h3,5-6,8,10,13,22H,1-2,4,7,9H2,(H,20,23)(H,21,24). The lowest BCUT2D eigenvalue weighted by atomic mass is 9.86. The van der Waals surface area contributed by atoms with Gasteiger partial charge in [0.2, 0.25) is 0 Å². The number of halogens is 3. The third-order valence-corrected chi connectivity index (χ3v) is 4.05. The zero-order valence-electron chi connectivity index (χ0n) is 12.9. The third kappa shape index (κ3) is 4.95. The number of carbonyl (C=O) groups is 2. The number of hydrogen-bond donors (Lipinski definition) is 3. The average Bonchev–Trinajstić information content (AvgIpc) is 2.53. The van der Waals surface area contributed by atoms with Crippen LogP contribution in [0.25, 0.3) is 0 Å². The lowest BCUT2D eigenvalue weighted by Crippen LogP contribution is -2.41. The maximum Gasteiger partial charge on any atom is 0.416 e. The Morgan fingerprint density at radius 1 is 1.17 bits per heavy atom. The van der Waals surface area contributed by atoms with Crippen LogP contribution < -0.4 is 10.6 Å². The van der Waals surface area contributed by atoms with Crippen molar-refractivity contribution >= 4 is 17.5 Å². The third-order valence-electron chi connectivity index (χ3n) is 4.05. The quantitative estimate of drug-likeness (QED) is 0.737. The molecule has 2 unspecified atom stereocenters. The molecule has 2 atom stereocenters. The fraction of sp³-hybridized carbons (Fsp3) is 0.500. The first-order valence-electron chi connectivity index (χ1n) is 7.72. The van der Waals surface area contributed by atoms with Gasteiger partial charge < -0.3 is 15.7 Å². The summed E-state index contributed by atoms with van der Waals surface area (Å²) in [6, 6.07) is 4.05. The van der Waals surface area contributed by atoms with Crippen LogP contribution in [0.4, 0.5) is 18.9 Å². The smallest absolute Gasteiger partial charge is 0.393 e. The molecule has 1 aromatic carbocycles. The van der Waals surface area contributed by atoms with Gasteiger partial charge in [-0.15, -0.1) is 0 Å². The fourth-order valence-corrected chi connectivity index (χ4v) is 2.69. The first kappa shape index (κ1) is 18.3. The zero-order chi connectivity index (χ0) is 17.7. The highest BCUT2D eigenvalue weighted by molar-refractivity contribution is 6.39. The van der Waals surface area contributed by atoms with E-state index in [1.54, 1.807) is 0 Å². The molecule has 8 heteroatoms. The van der Waals surface area contributed by atoms with Crippen LogP contribution in [0.1, 0.15) is 31.2 Å². The Labute approximate surface area is 137 Å². The van der Waals surface area contributed by atoms with Crippen LogP contribution in [-0.4, -0.2) is 29.6 Å². The molecule has 0 heterocycles. The second-order valence-corrected chi connectivity index (χ2v) is 5.85. The summed E-state index contributed by atoms with van der Waals surface area (Å²) in [6.07, 6.45) is -1.73. The minimum Gasteiger partial charge on any atom is -0.393 e. The Balaban J connectivity index is 1.88. The van der Waals surface area contributed by atoms with Gasteiger partial charge in [-0.3, -0.25) is 9.59 Å². The SMILES string of the molecule is O=C(NCC1CCCCC1O)C(=O)Nc1cccc(C(F)(F)F)c1. The number of aliphatic hydroxyl groups is 1. The van der Waals surface area contributed by atoms with E-state index in [1.165, 1.54) is 6.07 Å². The van der Waals surface area contributed by atoms with Crippen molar-refractivity contribution in [1.29, 1.82) is 0 Å². The monoisotopic (exact) mass is 344 g/mol. The molecule has 0 radical (unpaired) electrons. The second kappa shape index (κ2) is 7.65. The van der Waals surface area contributed by atoms with Crippen molar-refractivity contribution < 1.29 is 27.9 Å². The van der Waals surface area contributed by atoms with Gasteiger partial charge in [-0.25, -0.2) is 0 Å². The number of anilines is 1. The molecule has 1 aliphatic rings. The van der Waals surface area contributed by atoms with E-state index in [1.807, 2.05) is 0 Å². The van der Waals surface area contributed by atoms with E-state index in [4.69, 9.17) is 0 Å². The lowest BCUT2D eigenvalue weighted by Gasteiger charge is -2.27. The van der Waals surface area contributed by atoms with Crippen LogP contribution in [0.3, 0.4) is 0 Å². The largest absolute Gasteiger partial charge is 0.416 e. The number of benzene rings is 1. The van der Waals surface area contributed by atoms with Gasteiger partial charge in [0, 0.05) is 18.2 Å². The Bertz CT molecular complexity index is 604. The summed E-state index contributed by atoms with van der Waals surface area (Å²) < 4.78 is 37.8. The topological polar surface area (TPSA) is 78.4 Å². The van der Waals surface area contributed by atoms with Gasteiger partial charge >= 0.3 is 18.0 Å². The van der Waals surface area contributed by atoms with Gasteiger partial charge in [-0.05, 0) is 31.0 Å². The predicted molar refractivity (Wildman–Crippen MR) is 81.0 cm³/mol. The van der Waals surface area contributed by atoms with Gasteiger partial charge in [-0.2, -0.15) is 13.2 Å². The van der Waals surface area contributed by atoms with E-state index < -0.39 is 29.7 Å². The number of carbonyl (C=O) groups excluding carboxylic acids is 2. The highest BCUT2D eigenvalue weighted by Gasteiger charge is 2.30. The molecule has 1 saturated carbocycles. The van der Waals surface area contributed by atoms with Gasteiger partial charge in [0.1, 0.15) is 0 Å². The summed E-state index contributed by atoms with van der Waals surface area (Å²) in [5.41, 5.74) is -1.02. The van der Waals surface area contributed by atoms with Crippen LogP contribution >= 0.6 is 0 Å². The number of amides is 2. The number of aliphatic hydroxyl groups excluding tert-OH is 1. The molecule has 2 rings (SSSR count). The first-order chi connectivity index (χ1) is 11.3. The highest BCUT2D eigenvalue weighted by atomic mass is 19.4. The average molecular weight is 344 g/mol. The summed E-state index contributed by atoms with van der Waals surface area (Å²) in [5.74, 6) is -2.09. The molecule has 1 fully saturated rings. The fourth-order valence-electron chi connectivity index (χ4n) is 2.69. The molecular formula is C16H19F3N2O3.